The second-order valence-corrected chi connectivity index (χ2v) is 2.82. The second-order valence-electron chi connectivity index (χ2n) is 0.954. The van der Waals surface area contributed by atoms with Crippen LogP contribution >= 0.6 is 22.6 Å². The third-order valence-electron chi connectivity index (χ3n) is 0.340. The molecule has 40 valence electrons. The van der Waals surface area contributed by atoms with Crippen molar-refractivity contribution in [1.82, 2.24) is 0 Å². The summed E-state index contributed by atoms with van der Waals surface area (Å²) in [4.78, 5) is 9.69. The van der Waals surface area contributed by atoms with Crippen LogP contribution in [0, 0.1) is 0 Å². The van der Waals surface area contributed by atoms with Crippen molar-refractivity contribution in [3.63, 3.8) is 0 Å². The molecule has 7 heavy (non-hydrogen) atoms. The Morgan fingerprint density at radius 3 is 2.00 bits per heavy atom. The minimum atomic E-state index is -0.754. The number of carboxylic acids is 1. The summed E-state index contributed by atoms with van der Waals surface area (Å²) in [6.45, 7) is 1.63. The average molecular weight is 339 g/mol. The van der Waals surface area contributed by atoms with Crippen LogP contribution in [0.3, 0.4) is 0 Å². The van der Waals surface area contributed by atoms with Gasteiger partial charge in [0.15, 0.2) is 0 Å². The number of hydrogen-bond donors (Lipinski definition) is 1. The van der Waals surface area contributed by atoms with Crippen molar-refractivity contribution in [2.75, 3.05) is 0 Å². The summed E-state index contributed by atoms with van der Waals surface area (Å²) in [6, 6.07) is 0. The molecule has 1 N–H and O–H groups in total. The molecule has 2 nitrogen and oxygen atoms in total. The Morgan fingerprint density at radius 2 is 2.00 bits per heavy atom. The van der Waals surface area contributed by atoms with E-state index in [4.69, 9.17) is 5.11 Å². The Labute approximate surface area is 96.3 Å². The molecular weight excluding hydrogens is 332 g/mol. The van der Waals surface area contributed by atoms with Gasteiger partial charge in [-0.1, -0.05) is 22.6 Å². The summed E-state index contributed by atoms with van der Waals surface area (Å²) in [5, 5.41) is 7.98. The van der Waals surface area contributed by atoms with Gasteiger partial charge in [-0.05, 0) is 6.92 Å². The van der Waals surface area contributed by atoms with Crippen molar-refractivity contribution in [3.8, 4) is 0 Å². The first kappa shape index (κ1) is 11.6. The first-order valence-corrected chi connectivity index (χ1v) is 2.76. The van der Waals surface area contributed by atoms with Gasteiger partial charge in [-0.15, -0.1) is 0 Å². The monoisotopic (exact) mass is 340 g/mol. The standard InChI is InChI=1S/C3H5IO2.Ba.2H/c1-2(4)3(5)6;;;/h2H,1H3,(H,5,6);;;. The van der Waals surface area contributed by atoms with Gasteiger partial charge in [0.1, 0.15) is 3.92 Å². The van der Waals surface area contributed by atoms with E-state index in [1.165, 1.54) is 0 Å². The van der Waals surface area contributed by atoms with Crippen LogP contribution in [0.1, 0.15) is 6.92 Å². The Morgan fingerprint density at radius 1 is 1.86 bits per heavy atom. The predicted molar refractivity (Wildman–Crippen MR) is 39.7 cm³/mol. The summed E-state index contributed by atoms with van der Waals surface area (Å²) in [6.07, 6.45) is 0. The van der Waals surface area contributed by atoms with Crippen LogP contribution in [0.5, 0.6) is 0 Å². The SMILES string of the molecule is CC(I)C(=O)O.[BaH2]. The number of aliphatic carboxylic acids is 1. The number of alkyl halides is 1. The third kappa shape index (κ3) is 7.77. The van der Waals surface area contributed by atoms with Crippen molar-refractivity contribution < 1.29 is 9.90 Å². The van der Waals surface area contributed by atoms with E-state index in [-0.39, 0.29) is 52.8 Å². The quantitative estimate of drug-likeness (QED) is 0.414. The molecule has 0 radical (unpaired) electrons. The maximum absolute atomic E-state index is 9.69. The van der Waals surface area contributed by atoms with E-state index in [2.05, 4.69) is 0 Å². The van der Waals surface area contributed by atoms with E-state index in [9.17, 15) is 4.79 Å². The van der Waals surface area contributed by atoms with E-state index in [1.54, 1.807) is 6.92 Å². The molecule has 0 saturated heterocycles. The van der Waals surface area contributed by atoms with Gasteiger partial charge in [0.2, 0.25) is 0 Å². The summed E-state index contributed by atoms with van der Waals surface area (Å²) in [5.41, 5.74) is 0. The normalized spacial score (nSPS) is 11.7. The van der Waals surface area contributed by atoms with Crippen molar-refractivity contribution in [2.24, 2.45) is 0 Å². The molecule has 1 unspecified atom stereocenters. The fraction of sp³-hybridized carbons (Fsp3) is 0.667. The molecule has 4 heteroatoms. The first-order chi connectivity index (χ1) is 2.64. The summed E-state index contributed by atoms with van der Waals surface area (Å²) < 4.78 is -0.261. The van der Waals surface area contributed by atoms with Gasteiger partial charge < -0.3 is 5.11 Å². The molecule has 0 aliphatic rings. The molecule has 0 spiro atoms. The topological polar surface area (TPSA) is 37.3 Å². The molecule has 0 heterocycles. The van der Waals surface area contributed by atoms with Crippen LogP contribution in [0.25, 0.3) is 0 Å². The third-order valence-corrected chi connectivity index (χ3v) is 0.873. The van der Waals surface area contributed by atoms with Crippen molar-refractivity contribution in [1.29, 1.82) is 0 Å². The molecule has 0 aromatic heterocycles. The van der Waals surface area contributed by atoms with Gasteiger partial charge in [-0.25, -0.2) is 0 Å². The number of rotatable bonds is 1. The van der Waals surface area contributed by atoms with E-state index in [1.807, 2.05) is 22.6 Å². The fourth-order valence-corrected chi connectivity index (χ4v) is 0. The molecule has 0 aliphatic carbocycles. The predicted octanol–water partition coefficient (Wildman–Crippen LogP) is -0.0217. The zero-order valence-electron chi connectivity index (χ0n) is 3.31. The maximum atomic E-state index is 9.69. The molecule has 1 atom stereocenters. The summed E-state index contributed by atoms with van der Waals surface area (Å²) >= 11 is 1.83. The Hall–Kier alpha value is 1.77. The molecular formula is C3H7BaIO2. The molecule has 0 aromatic carbocycles. The number of halogens is 1. The minimum absolute atomic E-state index is 0. The van der Waals surface area contributed by atoms with Gasteiger partial charge in [0.05, 0.1) is 0 Å². The van der Waals surface area contributed by atoms with Crippen LogP contribution in [0.2, 0.25) is 0 Å². The van der Waals surface area contributed by atoms with Gasteiger partial charge in [-0.2, -0.15) is 0 Å². The molecule has 0 rings (SSSR count). The molecule has 0 amide bonds. The molecule has 0 aliphatic heterocycles. The summed E-state index contributed by atoms with van der Waals surface area (Å²) in [7, 11) is 0. The van der Waals surface area contributed by atoms with Gasteiger partial charge in [0.25, 0.3) is 0 Å². The second kappa shape index (κ2) is 5.90. The number of carbonyl (C=O) groups is 1. The summed E-state index contributed by atoms with van der Waals surface area (Å²) in [5.74, 6) is -0.754. The molecule has 0 saturated carbocycles. The van der Waals surface area contributed by atoms with Crippen molar-refractivity contribution >= 4 is 77.4 Å². The Kier molecular flexibility index (Phi) is 9.74. The van der Waals surface area contributed by atoms with Crippen LogP contribution < -0.4 is 0 Å². The Balaban J connectivity index is 0. The fourth-order valence-electron chi connectivity index (χ4n) is 0. The van der Waals surface area contributed by atoms with Crippen molar-refractivity contribution in [3.05, 3.63) is 0 Å². The number of hydrogen-bond acceptors (Lipinski definition) is 1. The van der Waals surface area contributed by atoms with Gasteiger partial charge in [0, 0.05) is 0 Å². The zero-order valence-corrected chi connectivity index (χ0v) is 5.47. The zero-order chi connectivity index (χ0) is 5.15. The van der Waals surface area contributed by atoms with Crippen LogP contribution in [-0.2, 0) is 4.79 Å². The van der Waals surface area contributed by atoms with Crippen molar-refractivity contribution in [2.45, 2.75) is 10.8 Å². The van der Waals surface area contributed by atoms with E-state index < -0.39 is 5.97 Å². The number of carboxylic acid groups (broad SMARTS) is 1. The Bertz CT molecular complexity index is 64.0. The van der Waals surface area contributed by atoms with Crippen LogP contribution in [0.15, 0.2) is 0 Å². The van der Waals surface area contributed by atoms with Gasteiger partial charge >= 0.3 is 54.9 Å². The van der Waals surface area contributed by atoms with E-state index in [0.29, 0.717) is 0 Å². The molecule has 0 fully saturated rings. The van der Waals surface area contributed by atoms with Gasteiger partial charge in [-0.3, -0.25) is 4.79 Å². The van der Waals surface area contributed by atoms with E-state index >= 15 is 0 Å². The average Bonchev–Trinajstić information content (AvgIpc) is 1.36. The molecule has 0 bridgehead atoms. The van der Waals surface area contributed by atoms with Crippen LogP contribution in [-0.4, -0.2) is 63.9 Å². The van der Waals surface area contributed by atoms with E-state index in [0.717, 1.165) is 0 Å². The first-order valence-electron chi connectivity index (χ1n) is 1.51. The molecule has 0 aromatic rings. The van der Waals surface area contributed by atoms with Crippen LogP contribution in [0.4, 0.5) is 0 Å².